The van der Waals surface area contributed by atoms with Crippen LogP contribution in [0.15, 0.2) is 63.8 Å². The number of aromatic amines is 1. The molecule has 0 aliphatic rings. The molecule has 4 rings (SSSR count). The fourth-order valence-corrected chi connectivity index (χ4v) is 2.81. The van der Waals surface area contributed by atoms with Gasteiger partial charge in [-0.1, -0.05) is 30.3 Å². The summed E-state index contributed by atoms with van der Waals surface area (Å²) in [6, 6.07) is 16.3. The average molecular weight is 390 g/mol. The van der Waals surface area contributed by atoms with E-state index in [-0.39, 0.29) is 18.1 Å². The maximum Gasteiger partial charge on any atom is 0.343 e. The minimum Gasteiger partial charge on any atom is -0.419 e. The molecular formula is C20H18N6O3. The number of rotatable bonds is 5. The van der Waals surface area contributed by atoms with E-state index in [0.29, 0.717) is 28.7 Å². The van der Waals surface area contributed by atoms with E-state index in [4.69, 9.17) is 4.42 Å². The van der Waals surface area contributed by atoms with Crippen LogP contribution in [0.2, 0.25) is 0 Å². The number of H-pyrrole nitrogens is 1. The molecule has 4 aromatic rings. The Kier molecular flexibility index (Phi) is 4.78. The number of aryl methyl sites for hydroxylation is 1. The smallest absolute Gasteiger partial charge is 0.343 e. The third kappa shape index (κ3) is 3.84. The standard InChI is InChI=1S/C20H18N6O3/c1-25(12-16-22-23-18(29-16)14-6-4-3-5-7-14)19(27)15-10-8-13(9-11-15)17-21-20(28)26(2)24-17/h3-11H,12H2,1-2H3,(H,21,24,28). The summed E-state index contributed by atoms with van der Waals surface area (Å²) in [5, 5.41) is 12.2. The maximum atomic E-state index is 12.7. The molecule has 146 valence electrons. The minimum atomic E-state index is -0.297. The van der Waals surface area contributed by atoms with Crippen molar-refractivity contribution in [3.8, 4) is 22.8 Å². The van der Waals surface area contributed by atoms with Crippen molar-refractivity contribution in [1.29, 1.82) is 0 Å². The fourth-order valence-electron chi connectivity index (χ4n) is 2.81. The molecular weight excluding hydrogens is 372 g/mol. The molecule has 1 amide bonds. The fraction of sp³-hybridized carbons (Fsp3) is 0.150. The third-order valence-corrected chi connectivity index (χ3v) is 4.38. The highest BCUT2D eigenvalue weighted by Gasteiger charge is 2.16. The van der Waals surface area contributed by atoms with Crippen molar-refractivity contribution < 1.29 is 9.21 Å². The van der Waals surface area contributed by atoms with Gasteiger partial charge in [0.25, 0.3) is 5.91 Å². The van der Waals surface area contributed by atoms with Crippen molar-refractivity contribution >= 4 is 5.91 Å². The van der Waals surface area contributed by atoms with Crippen molar-refractivity contribution in [2.75, 3.05) is 7.05 Å². The molecule has 0 aliphatic heterocycles. The van der Waals surface area contributed by atoms with Gasteiger partial charge < -0.3 is 9.32 Å². The molecule has 0 saturated carbocycles. The van der Waals surface area contributed by atoms with Crippen molar-refractivity contribution in [3.05, 3.63) is 76.5 Å². The molecule has 0 spiro atoms. The molecule has 2 aromatic carbocycles. The van der Waals surface area contributed by atoms with Gasteiger partial charge >= 0.3 is 5.69 Å². The second-order valence-corrected chi connectivity index (χ2v) is 6.51. The van der Waals surface area contributed by atoms with E-state index in [1.165, 1.54) is 9.58 Å². The number of hydrogen-bond donors (Lipinski definition) is 1. The van der Waals surface area contributed by atoms with Crippen LogP contribution in [-0.2, 0) is 13.6 Å². The molecule has 2 heterocycles. The highest BCUT2D eigenvalue weighted by atomic mass is 16.4. The zero-order chi connectivity index (χ0) is 20.4. The van der Waals surface area contributed by atoms with E-state index in [0.717, 1.165) is 5.56 Å². The maximum absolute atomic E-state index is 12.7. The third-order valence-electron chi connectivity index (χ3n) is 4.38. The zero-order valence-electron chi connectivity index (χ0n) is 15.9. The molecule has 0 unspecified atom stereocenters. The Bertz CT molecular complexity index is 1190. The molecule has 9 nitrogen and oxygen atoms in total. The SMILES string of the molecule is CN(Cc1nnc(-c2ccccc2)o1)C(=O)c1ccc(-c2nn(C)c(=O)[nH]2)cc1. The highest BCUT2D eigenvalue weighted by Crippen LogP contribution is 2.19. The number of hydrogen-bond acceptors (Lipinski definition) is 6. The summed E-state index contributed by atoms with van der Waals surface area (Å²) in [5.74, 6) is 1.02. The second-order valence-electron chi connectivity index (χ2n) is 6.51. The minimum absolute atomic E-state index is 0.188. The van der Waals surface area contributed by atoms with Gasteiger partial charge in [-0.2, -0.15) is 5.10 Å². The van der Waals surface area contributed by atoms with Gasteiger partial charge in [0, 0.05) is 30.8 Å². The van der Waals surface area contributed by atoms with Crippen molar-refractivity contribution in [3.63, 3.8) is 0 Å². The second kappa shape index (κ2) is 7.55. The summed E-state index contributed by atoms with van der Waals surface area (Å²) >= 11 is 0. The number of carbonyl (C=O) groups is 1. The largest absolute Gasteiger partial charge is 0.419 e. The van der Waals surface area contributed by atoms with Gasteiger partial charge in [-0.3, -0.25) is 9.78 Å². The van der Waals surface area contributed by atoms with E-state index < -0.39 is 0 Å². The zero-order valence-corrected chi connectivity index (χ0v) is 15.9. The molecule has 0 fully saturated rings. The lowest BCUT2D eigenvalue weighted by Gasteiger charge is -2.15. The van der Waals surface area contributed by atoms with Gasteiger partial charge in [0.1, 0.15) is 0 Å². The van der Waals surface area contributed by atoms with E-state index in [9.17, 15) is 9.59 Å². The Balaban J connectivity index is 1.45. The number of benzene rings is 2. The quantitative estimate of drug-likeness (QED) is 0.559. The Morgan fingerprint density at radius 2 is 1.79 bits per heavy atom. The lowest BCUT2D eigenvalue weighted by atomic mass is 10.1. The van der Waals surface area contributed by atoms with Gasteiger partial charge in [0.05, 0.1) is 6.54 Å². The highest BCUT2D eigenvalue weighted by molar-refractivity contribution is 5.94. The van der Waals surface area contributed by atoms with Crippen LogP contribution in [-0.4, -0.2) is 42.8 Å². The van der Waals surface area contributed by atoms with Crippen LogP contribution in [0.4, 0.5) is 0 Å². The van der Waals surface area contributed by atoms with Gasteiger partial charge in [0.2, 0.25) is 11.8 Å². The molecule has 0 saturated heterocycles. The molecule has 2 aromatic heterocycles. The van der Waals surface area contributed by atoms with E-state index in [1.54, 1.807) is 38.4 Å². The summed E-state index contributed by atoms with van der Waals surface area (Å²) in [4.78, 5) is 28.4. The normalized spacial score (nSPS) is 10.8. The summed E-state index contributed by atoms with van der Waals surface area (Å²) in [6.45, 7) is 0.188. The number of nitrogens with zero attached hydrogens (tertiary/aromatic N) is 5. The lowest BCUT2D eigenvalue weighted by molar-refractivity contribution is 0.0773. The molecule has 0 aliphatic carbocycles. The molecule has 0 radical (unpaired) electrons. The van der Waals surface area contributed by atoms with Crippen LogP contribution in [0.3, 0.4) is 0 Å². The Morgan fingerprint density at radius 1 is 1.07 bits per heavy atom. The predicted molar refractivity (Wildman–Crippen MR) is 105 cm³/mol. The van der Waals surface area contributed by atoms with Gasteiger partial charge in [-0.15, -0.1) is 10.2 Å². The van der Waals surface area contributed by atoms with E-state index in [1.807, 2.05) is 30.3 Å². The van der Waals surface area contributed by atoms with Crippen LogP contribution in [0.25, 0.3) is 22.8 Å². The van der Waals surface area contributed by atoms with Gasteiger partial charge in [-0.25, -0.2) is 9.48 Å². The van der Waals surface area contributed by atoms with E-state index >= 15 is 0 Å². The van der Waals surface area contributed by atoms with Gasteiger partial charge in [-0.05, 0) is 24.3 Å². The summed E-state index contributed by atoms with van der Waals surface area (Å²) in [7, 11) is 3.23. The van der Waals surface area contributed by atoms with Crippen LogP contribution in [0.5, 0.6) is 0 Å². The molecule has 0 bridgehead atoms. The first kappa shape index (κ1) is 18.4. The lowest BCUT2D eigenvalue weighted by Crippen LogP contribution is -2.26. The van der Waals surface area contributed by atoms with Gasteiger partial charge in [0.15, 0.2) is 5.82 Å². The van der Waals surface area contributed by atoms with Crippen LogP contribution in [0.1, 0.15) is 16.2 Å². The van der Waals surface area contributed by atoms with E-state index in [2.05, 4.69) is 20.3 Å². The summed E-state index contributed by atoms with van der Waals surface area (Å²) in [5.41, 5.74) is 1.74. The predicted octanol–water partition coefficient (Wildman–Crippen LogP) is 2.10. The molecule has 29 heavy (non-hydrogen) atoms. The average Bonchev–Trinajstić information content (AvgIpc) is 3.35. The van der Waals surface area contributed by atoms with Crippen LogP contribution in [0, 0.1) is 0 Å². The Morgan fingerprint density at radius 3 is 2.45 bits per heavy atom. The Labute approximate surface area is 165 Å². The molecule has 9 heteroatoms. The Hall–Kier alpha value is -4.01. The van der Waals surface area contributed by atoms with Crippen molar-refractivity contribution in [2.45, 2.75) is 6.54 Å². The number of carbonyl (C=O) groups excluding carboxylic acids is 1. The summed E-state index contributed by atoms with van der Waals surface area (Å²) < 4.78 is 6.87. The number of amides is 1. The topological polar surface area (TPSA) is 110 Å². The first-order valence-electron chi connectivity index (χ1n) is 8.88. The first-order chi connectivity index (χ1) is 14.0. The molecule has 0 atom stereocenters. The monoisotopic (exact) mass is 390 g/mol. The number of aromatic nitrogens is 5. The van der Waals surface area contributed by atoms with Crippen molar-refractivity contribution in [2.24, 2.45) is 7.05 Å². The van der Waals surface area contributed by atoms with Crippen LogP contribution >= 0.6 is 0 Å². The van der Waals surface area contributed by atoms with Crippen molar-refractivity contribution in [1.82, 2.24) is 29.9 Å². The number of nitrogens with one attached hydrogen (secondary N) is 1. The van der Waals surface area contributed by atoms with Crippen LogP contribution < -0.4 is 5.69 Å². The first-order valence-corrected chi connectivity index (χ1v) is 8.88. The summed E-state index contributed by atoms with van der Waals surface area (Å²) in [6.07, 6.45) is 0. The molecule has 1 N–H and O–H groups in total.